The fourth-order valence-electron chi connectivity index (χ4n) is 9.04. The molecule has 0 atom stereocenters. The van der Waals surface area contributed by atoms with Crippen LogP contribution in [0.1, 0.15) is 25.0 Å². The van der Waals surface area contributed by atoms with Gasteiger partial charge in [0.25, 0.3) is 0 Å². The van der Waals surface area contributed by atoms with Crippen LogP contribution in [0.25, 0.3) is 98.7 Å². The van der Waals surface area contributed by atoms with Gasteiger partial charge >= 0.3 is 0 Å². The Balaban J connectivity index is 0.885. The quantitative estimate of drug-likeness (QED) is 0.172. The maximum atomic E-state index is 2.43. The van der Waals surface area contributed by atoms with Gasteiger partial charge in [-0.05, 0) is 158 Å². The molecule has 11 rings (SSSR count). The van der Waals surface area contributed by atoms with E-state index in [1.165, 1.54) is 110 Å². The van der Waals surface area contributed by atoms with E-state index in [0.29, 0.717) is 0 Å². The van der Waals surface area contributed by atoms with Crippen LogP contribution in [-0.4, -0.2) is 0 Å². The van der Waals surface area contributed by atoms with Crippen LogP contribution in [0.15, 0.2) is 194 Å². The molecule has 0 aromatic heterocycles. The van der Waals surface area contributed by atoms with Gasteiger partial charge in [-0.15, -0.1) is 0 Å². The second-order valence-electron chi connectivity index (χ2n) is 15.8. The normalized spacial score (nSPS) is 13.1. The van der Waals surface area contributed by atoms with Crippen LogP contribution in [-0.2, 0) is 5.41 Å². The molecule has 1 aliphatic rings. The van der Waals surface area contributed by atoms with Crippen molar-refractivity contribution >= 4 is 43.1 Å². The molecule has 10 aromatic rings. The van der Waals surface area contributed by atoms with E-state index in [-0.39, 0.29) is 5.41 Å². The fraction of sp³-hybridized carbons (Fsp3) is 0.0545. The molecule has 10 aromatic carbocycles. The van der Waals surface area contributed by atoms with E-state index in [1.54, 1.807) is 0 Å². The van der Waals surface area contributed by atoms with Crippen molar-refractivity contribution in [2.45, 2.75) is 19.3 Å². The molecule has 0 N–H and O–H groups in total. The lowest BCUT2D eigenvalue weighted by atomic mass is 9.80. The summed E-state index contributed by atoms with van der Waals surface area (Å²) in [6.45, 7) is 4.77. The minimum absolute atomic E-state index is 0.117. The van der Waals surface area contributed by atoms with Gasteiger partial charge in [-0.1, -0.05) is 159 Å². The zero-order valence-electron chi connectivity index (χ0n) is 31.0. The highest BCUT2D eigenvalue weighted by Crippen LogP contribution is 2.51. The molecule has 0 nitrogen and oxygen atoms in total. The number of hydrogen-bond donors (Lipinski definition) is 0. The Hall–Kier alpha value is -6.76. The van der Waals surface area contributed by atoms with Gasteiger partial charge in [0.1, 0.15) is 0 Å². The maximum Gasteiger partial charge on any atom is 0.0159 e. The van der Waals surface area contributed by atoms with Gasteiger partial charge in [0.05, 0.1) is 0 Å². The largest absolute Gasteiger partial charge is 0.0616 e. The average Bonchev–Trinajstić information content (AvgIpc) is 3.47. The SMILES string of the molecule is CC1(C)c2cc(-c3ccc4cc(-c5ccc6ccccc6c5)ccc4c3)ccc2-c2ccc(-c3ccc4cc(-c5ccc6ccccc6c5)ccc4c3)cc21. The van der Waals surface area contributed by atoms with Crippen LogP contribution < -0.4 is 0 Å². The summed E-state index contributed by atoms with van der Waals surface area (Å²) in [6, 6.07) is 72.3. The molecule has 55 heavy (non-hydrogen) atoms. The van der Waals surface area contributed by atoms with Crippen molar-refractivity contribution in [2.75, 3.05) is 0 Å². The highest BCUT2D eigenvalue weighted by molar-refractivity contribution is 5.96. The lowest BCUT2D eigenvalue weighted by molar-refractivity contribution is 0.661. The van der Waals surface area contributed by atoms with Crippen LogP contribution >= 0.6 is 0 Å². The molecule has 258 valence electrons. The molecule has 0 fully saturated rings. The Kier molecular flexibility index (Phi) is 7.00. The van der Waals surface area contributed by atoms with Crippen LogP contribution in [0.5, 0.6) is 0 Å². The van der Waals surface area contributed by atoms with Crippen molar-refractivity contribution in [2.24, 2.45) is 0 Å². The minimum Gasteiger partial charge on any atom is -0.0616 e. The third-order valence-corrected chi connectivity index (χ3v) is 12.2. The molecular formula is C55H38. The molecular weight excluding hydrogens is 661 g/mol. The molecule has 0 heterocycles. The summed E-state index contributed by atoms with van der Waals surface area (Å²) in [5.74, 6) is 0. The third kappa shape index (κ3) is 5.29. The molecule has 0 spiro atoms. The fourth-order valence-corrected chi connectivity index (χ4v) is 9.04. The van der Waals surface area contributed by atoms with Gasteiger partial charge < -0.3 is 0 Å². The lowest BCUT2D eigenvalue weighted by Gasteiger charge is -2.23. The van der Waals surface area contributed by atoms with E-state index in [9.17, 15) is 0 Å². The molecule has 0 saturated heterocycles. The number of benzene rings is 10. The Bertz CT molecular complexity index is 2960. The van der Waals surface area contributed by atoms with E-state index < -0.39 is 0 Å². The Morgan fingerprint density at radius 3 is 0.800 bits per heavy atom. The van der Waals surface area contributed by atoms with Gasteiger partial charge in [-0.25, -0.2) is 0 Å². The van der Waals surface area contributed by atoms with Crippen molar-refractivity contribution in [3.05, 3.63) is 205 Å². The lowest BCUT2D eigenvalue weighted by Crippen LogP contribution is -2.15. The topological polar surface area (TPSA) is 0 Å². The minimum atomic E-state index is -0.117. The Labute approximate surface area is 322 Å². The average molecular weight is 699 g/mol. The highest BCUT2D eigenvalue weighted by Gasteiger charge is 2.36. The van der Waals surface area contributed by atoms with Gasteiger partial charge in [-0.3, -0.25) is 0 Å². The van der Waals surface area contributed by atoms with E-state index in [1.807, 2.05) is 0 Å². The van der Waals surface area contributed by atoms with Gasteiger partial charge in [0.2, 0.25) is 0 Å². The smallest absolute Gasteiger partial charge is 0.0159 e. The number of rotatable bonds is 4. The number of fused-ring (bicyclic) bond motifs is 7. The van der Waals surface area contributed by atoms with Crippen molar-refractivity contribution < 1.29 is 0 Å². The molecule has 0 saturated carbocycles. The molecule has 0 bridgehead atoms. The van der Waals surface area contributed by atoms with E-state index >= 15 is 0 Å². The van der Waals surface area contributed by atoms with Crippen molar-refractivity contribution in [3.8, 4) is 55.6 Å². The summed E-state index contributed by atoms with van der Waals surface area (Å²) in [7, 11) is 0. The zero-order chi connectivity index (χ0) is 36.7. The summed E-state index contributed by atoms with van der Waals surface area (Å²) >= 11 is 0. The first-order valence-corrected chi connectivity index (χ1v) is 19.3. The van der Waals surface area contributed by atoms with Crippen LogP contribution in [0, 0.1) is 0 Å². The summed E-state index contributed by atoms with van der Waals surface area (Å²) < 4.78 is 0. The van der Waals surface area contributed by atoms with E-state index in [4.69, 9.17) is 0 Å². The summed E-state index contributed by atoms with van der Waals surface area (Å²) in [5.41, 5.74) is 15.4. The number of hydrogen-bond acceptors (Lipinski definition) is 0. The molecule has 0 heteroatoms. The zero-order valence-corrected chi connectivity index (χ0v) is 31.0. The van der Waals surface area contributed by atoms with Gasteiger partial charge in [0, 0.05) is 5.41 Å². The summed E-state index contributed by atoms with van der Waals surface area (Å²) in [6.07, 6.45) is 0. The predicted octanol–water partition coefficient (Wildman–Crippen LogP) is 15.3. The maximum absolute atomic E-state index is 2.43. The third-order valence-electron chi connectivity index (χ3n) is 12.2. The Morgan fingerprint density at radius 1 is 0.236 bits per heavy atom. The van der Waals surface area contributed by atoms with Crippen molar-refractivity contribution in [3.63, 3.8) is 0 Å². The second kappa shape index (κ2) is 12.1. The molecule has 1 aliphatic carbocycles. The predicted molar refractivity (Wildman–Crippen MR) is 236 cm³/mol. The first kappa shape index (κ1) is 31.7. The standard InChI is InChI=1S/C55H38/c1-55(2)53-33-49(47-21-19-43-29-41(15-17-45(43)31-47)39-13-11-35-7-3-5-9-37(35)27-39)23-25-51(53)52-26-24-50(34-54(52)55)48-22-20-44-30-42(16-18-46(44)32-48)40-14-12-36-8-4-6-10-38(36)28-40/h3-34H,1-2H3. The first-order chi connectivity index (χ1) is 26.9. The molecule has 0 radical (unpaired) electrons. The summed E-state index contributed by atoms with van der Waals surface area (Å²) in [5, 5.41) is 10.1. The van der Waals surface area contributed by atoms with Crippen LogP contribution in [0.2, 0.25) is 0 Å². The highest BCUT2D eigenvalue weighted by atomic mass is 14.4. The molecule has 0 amide bonds. The van der Waals surface area contributed by atoms with Crippen LogP contribution in [0.4, 0.5) is 0 Å². The van der Waals surface area contributed by atoms with E-state index in [2.05, 4.69) is 208 Å². The van der Waals surface area contributed by atoms with Gasteiger partial charge in [0.15, 0.2) is 0 Å². The first-order valence-electron chi connectivity index (χ1n) is 19.3. The van der Waals surface area contributed by atoms with Gasteiger partial charge in [-0.2, -0.15) is 0 Å². The Morgan fingerprint density at radius 2 is 0.473 bits per heavy atom. The van der Waals surface area contributed by atoms with E-state index in [0.717, 1.165) is 0 Å². The van der Waals surface area contributed by atoms with Crippen molar-refractivity contribution in [1.82, 2.24) is 0 Å². The van der Waals surface area contributed by atoms with Crippen LogP contribution in [0.3, 0.4) is 0 Å². The second-order valence-corrected chi connectivity index (χ2v) is 15.8. The monoisotopic (exact) mass is 698 g/mol. The molecule has 0 aliphatic heterocycles. The summed E-state index contributed by atoms with van der Waals surface area (Å²) in [4.78, 5) is 0. The molecule has 0 unspecified atom stereocenters. The van der Waals surface area contributed by atoms with Crippen molar-refractivity contribution in [1.29, 1.82) is 0 Å².